The van der Waals surface area contributed by atoms with Gasteiger partial charge in [-0.25, -0.2) is 9.13 Å². The molecule has 19 heteroatoms. The van der Waals surface area contributed by atoms with E-state index in [2.05, 4.69) is 72.8 Å². The van der Waals surface area contributed by atoms with Crippen LogP contribution in [0.2, 0.25) is 0 Å². The Hall–Kier alpha value is -2.46. The molecule has 0 bridgehead atoms. The third kappa shape index (κ3) is 62.7. The maximum absolute atomic E-state index is 13.0. The number of esters is 4. The summed E-state index contributed by atoms with van der Waals surface area (Å²) in [6.07, 6.45) is 46.7. The van der Waals surface area contributed by atoms with Crippen LogP contribution in [0.25, 0.3) is 0 Å². The number of phosphoric ester groups is 2. The number of carbonyl (C=O) groups is 4. The molecule has 0 fully saturated rings. The van der Waals surface area contributed by atoms with E-state index in [0.29, 0.717) is 25.7 Å². The molecule has 0 heterocycles. The fourth-order valence-corrected chi connectivity index (χ4v) is 11.5. The van der Waals surface area contributed by atoms with Crippen molar-refractivity contribution in [2.75, 3.05) is 39.6 Å². The summed E-state index contributed by atoms with van der Waals surface area (Å²) < 4.78 is 68.2. The number of hydrogen-bond donors (Lipinski definition) is 3. The van der Waals surface area contributed by atoms with Crippen LogP contribution in [0.1, 0.15) is 325 Å². The summed E-state index contributed by atoms with van der Waals surface area (Å²) in [6, 6.07) is 0. The predicted molar refractivity (Wildman–Crippen MR) is 358 cm³/mol. The molecular formula is C70H132O17P2. The van der Waals surface area contributed by atoms with Crippen molar-refractivity contribution in [3.63, 3.8) is 0 Å². The van der Waals surface area contributed by atoms with Crippen molar-refractivity contribution >= 4 is 39.5 Å². The summed E-state index contributed by atoms with van der Waals surface area (Å²) in [5, 5.41) is 10.6. The van der Waals surface area contributed by atoms with E-state index in [1.165, 1.54) is 122 Å². The average Bonchev–Trinajstić information content (AvgIpc) is 3.71. The first-order valence-electron chi connectivity index (χ1n) is 35.7. The minimum Gasteiger partial charge on any atom is -0.462 e. The van der Waals surface area contributed by atoms with Crippen LogP contribution in [-0.4, -0.2) is 96.7 Å². The molecule has 0 aliphatic heterocycles. The predicted octanol–water partition coefficient (Wildman–Crippen LogP) is 19.4. The Bertz CT molecular complexity index is 1840. The smallest absolute Gasteiger partial charge is 0.462 e. The van der Waals surface area contributed by atoms with E-state index in [-0.39, 0.29) is 25.7 Å². The molecule has 0 saturated heterocycles. The highest BCUT2D eigenvalue weighted by atomic mass is 31.2. The topological polar surface area (TPSA) is 237 Å². The van der Waals surface area contributed by atoms with Gasteiger partial charge in [0.05, 0.1) is 26.4 Å². The van der Waals surface area contributed by atoms with Crippen LogP contribution in [-0.2, 0) is 65.4 Å². The first-order chi connectivity index (χ1) is 42.8. The first kappa shape index (κ1) is 86.5. The quantitative estimate of drug-likeness (QED) is 0.0169. The zero-order chi connectivity index (χ0) is 65.9. The van der Waals surface area contributed by atoms with Crippen LogP contribution < -0.4 is 0 Å². The molecule has 0 aromatic rings. The summed E-state index contributed by atoms with van der Waals surface area (Å²) in [4.78, 5) is 72.5. The van der Waals surface area contributed by atoms with Crippen molar-refractivity contribution in [1.82, 2.24) is 0 Å². The number of rotatable bonds is 66. The van der Waals surface area contributed by atoms with Crippen LogP contribution in [0.5, 0.6) is 0 Å². The molecule has 0 aliphatic rings. The number of ether oxygens (including phenoxy) is 4. The van der Waals surface area contributed by atoms with Gasteiger partial charge in [0.1, 0.15) is 19.3 Å². The van der Waals surface area contributed by atoms with Crippen molar-refractivity contribution in [3.8, 4) is 0 Å². The SMILES string of the molecule is CCCCCC/C=C\C=C/CCCCCCCC(=O)O[C@H](COC(=O)CCCCCCCCCCCCC(C)C)COP(=O)(O)OCC(O)COP(=O)(O)OC[C@@H](COC(=O)CCCCCCCCCCC(C)C)OC(=O)CCCCCCCCC(C)CC. The van der Waals surface area contributed by atoms with E-state index in [1.807, 2.05) is 0 Å². The molecule has 0 rings (SSSR count). The molecule has 0 aromatic carbocycles. The maximum atomic E-state index is 13.0. The van der Waals surface area contributed by atoms with Crippen LogP contribution in [0.3, 0.4) is 0 Å². The lowest BCUT2D eigenvalue weighted by Crippen LogP contribution is -2.30. The molecule has 3 N–H and O–H groups in total. The maximum Gasteiger partial charge on any atom is 0.472 e. The molecular weight excluding hydrogens is 1170 g/mol. The number of carbonyl (C=O) groups excluding carboxylic acids is 4. The van der Waals surface area contributed by atoms with Gasteiger partial charge in [0.2, 0.25) is 0 Å². The van der Waals surface area contributed by atoms with E-state index in [1.54, 1.807) is 0 Å². The third-order valence-corrected chi connectivity index (χ3v) is 17.8. The fraction of sp³-hybridized carbons (Fsp3) is 0.886. The first-order valence-corrected chi connectivity index (χ1v) is 38.7. The third-order valence-electron chi connectivity index (χ3n) is 15.9. The number of aliphatic hydroxyl groups excluding tert-OH is 1. The molecule has 0 spiro atoms. The summed E-state index contributed by atoms with van der Waals surface area (Å²) in [7, 11) is -9.91. The van der Waals surface area contributed by atoms with Crippen LogP contribution in [0, 0.1) is 17.8 Å². The summed E-state index contributed by atoms with van der Waals surface area (Å²) in [5.41, 5.74) is 0. The van der Waals surface area contributed by atoms with Crippen molar-refractivity contribution in [2.24, 2.45) is 17.8 Å². The minimum atomic E-state index is -4.96. The summed E-state index contributed by atoms with van der Waals surface area (Å²) in [6.45, 7) is 11.7. The second kappa shape index (κ2) is 60.5. The van der Waals surface area contributed by atoms with Crippen molar-refractivity contribution in [1.29, 1.82) is 0 Å². The zero-order valence-corrected chi connectivity index (χ0v) is 59.2. The fourth-order valence-electron chi connectivity index (χ4n) is 9.97. The second-order valence-corrected chi connectivity index (χ2v) is 28.7. The Morgan fingerprint density at radius 2 is 0.663 bits per heavy atom. The average molecular weight is 1310 g/mol. The van der Waals surface area contributed by atoms with Gasteiger partial charge in [0.25, 0.3) is 0 Å². The molecule has 4 unspecified atom stereocenters. The van der Waals surface area contributed by atoms with Gasteiger partial charge in [-0.15, -0.1) is 0 Å². The number of allylic oxidation sites excluding steroid dienone is 4. The van der Waals surface area contributed by atoms with Gasteiger partial charge in [-0.1, -0.05) is 272 Å². The van der Waals surface area contributed by atoms with Gasteiger partial charge >= 0.3 is 39.5 Å². The van der Waals surface area contributed by atoms with E-state index < -0.39 is 97.5 Å². The van der Waals surface area contributed by atoms with E-state index >= 15 is 0 Å². The normalized spacial score (nSPS) is 14.7. The Morgan fingerprint density at radius 3 is 1.00 bits per heavy atom. The Morgan fingerprint density at radius 1 is 0.371 bits per heavy atom. The molecule has 0 radical (unpaired) electrons. The van der Waals surface area contributed by atoms with Gasteiger partial charge in [0, 0.05) is 25.7 Å². The van der Waals surface area contributed by atoms with E-state index in [4.69, 9.17) is 37.0 Å². The number of unbranched alkanes of at least 4 members (excludes halogenated alkanes) is 30. The van der Waals surface area contributed by atoms with Crippen LogP contribution >= 0.6 is 15.6 Å². The van der Waals surface area contributed by atoms with E-state index in [9.17, 15) is 43.2 Å². The Balaban J connectivity index is 5.30. The molecule has 0 aromatic heterocycles. The van der Waals surface area contributed by atoms with Gasteiger partial charge in [-0.05, 0) is 69.1 Å². The molecule has 17 nitrogen and oxygen atoms in total. The molecule has 89 heavy (non-hydrogen) atoms. The molecule has 6 atom stereocenters. The highest BCUT2D eigenvalue weighted by molar-refractivity contribution is 7.47. The van der Waals surface area contributed by atoms with Gasteiger partial charge < -0.3 is 33.8 Å². The minimum absolute atomic E-state index is 0.0841. The number of hydrogen-bond acceptors (Lipinski definition) is 15. The lowest BCUT2D eigenvalue weighted by molar-refractivity contribution is -0.161. The Labute approximate surface area is 542 Å². The lowest BCUT2D eigenvalue weighted by Gasteiger charge is -2.21. The molecule has 0 saturated carbocycles. The monoisotopic (exact) mass is 1310 g/mol. The molecule has 524 valence electrons. The number of aliphatic hydroxyl groups is 1. The second-order valence-electron chi connectivity index (χ2n) is 25.8. The lowest BCUT2D eigenvalue weighted by atomic mass is 10.00. The summed E-state index contributed by atoms with van der Waals surface area (Å²) >= 11 is 0. The largest absolute Gasteiger partial charge is 0.472 e. The number of phosphoric acid groups is 2. The molecule has 0 aliphatic carbocycles. The standard InChI is InChI=1S/C70H132O17P2/c1-8-10-11-12-13-14-15-16-17-18-19-24-31-39-46-53-69(74)86-65(57-80-67(72)51-44-37-29-23-21-20-22-27-34-41-48-61(3)4)59-84-88(76,77)82-55-64(71)56-83-89(78,79)85-60-66(87-70(75)54-47-40-33-32-36-43-50-63(7)9-2)58-81-68(73)52-45-38-30-26-25-28-35-42-49-62(5)6/h14-17,61-66,71H,8-13,18-60H2,1-7H3,(H,76,77)(H,78,79)/b15-14-,17-16-/t63?,64?,65-,66-/m1/s1. The van der Waals surface area contributed by atoms with Crippen molar-refractivity contribution in [2.45, 2.75) is 343 Å². The molecule has 0 amide bonds. The van der Waals surface area contributed by atoms with Gasteiger partial charge in [-0.2, -0.15) is 0 Å². The van der Waals surface area contributed by atoms with Crippen LogP contribution in [0.15, 0.2) is 24.3 Å². The van der Waals surface area contributed by atoms with Crippen LogP contribution in [0.4, 0.5) is 0 Å². The van der Waals surface area contributed by atoms with Gasteiger partial charge in [-0.3, -0.25) is 37.3 Å². The summed E-state index contributed by atoms with van der Waals surface area (Å²) in [5.74, 6) is 0.0384. The zero-order valence-electron chi connectivity index (χ0n) is 57.4. The van der Waals surface area contributed by atoms with Gasteiger partial charge in [0.15, 0.2) is 12.2 Å². The van der Waals surface area contributed by atoms with Crippen molar-refractivity contribution < 1.29 is 80.2 Å². The highest BCUT2D eigenvalue weighted by Gasteiger charge is 2.30. The van der Waals surface area contributed by atoms with E-state index in [0.717, 1.165) is 120 Å². The van der Waals surface area contributed by atoms with Crippen molar-refractivity contribution in [3.05, 3.63) is 24.3 Å². The Kier molecular flexibility index (Phi) is 58.8. The highest BCUT2D eigenvalue weighted by Crippen LogP contribution is 2.45.